The van der Waals surface area contributed by atoms with E-state index in [1.54, 1.807) is 0 Å². The summed E-state index contributed by atoms with van der Waals surface area (Å²) in [6, 6.07) is -0.00600. The van der Waals surface area contributed by atoms with Gasteiger partial charge in [0.1, 0.15) is 0 Å². The molecule has 3 atom stereocenters. The molecule has 0 radical (unpaired) electrons. The van der Waals surface area contributed by atoms with E-state index in [4.69, 9.17) is 9.26 Å². The van der Waals surface area contributed by atoms with E-state index in [-0.39, 0.29) is 18.2 Å². The number of aliphatic hydroxyl groups is 1. The molecule has 1 aromatic heterocycles. The highest BCUT2D eigenvalue weighted by Gasteiger charge is 2.28. The Morgan fingerprint density at radius 1 is 1.39 bits per heavy atom. The van der Waals surface area contributed by atoms with Gasteiger partial charge in [-0.25, -0.2) is 0 Å². The van der Waals surface area contributed by atoms with Gasteiger partial charge in [0.25, 0.3) is 0 Å². The van der Waals surface area contributed by atoms with E-state index >= 15 is 0 Å². The van der Waals surface area contributed by atoms with E-state index in [1.807, 2.05) is 0 Å². The summed E-state index contributed by atoms with van der Waals surface area (Å²) in [6.45, 7) is 1.43. The number of nitrogens with zero attached hydrogens (tertiary/aromatic N) is 2. The van der Waals surface area contributed by atoms with Gasteiger partial charge in [-0.05, 0) is 25.7 Å². The maximum absolute atomic E-state index is 9.46. The van der Waals surface area contributed by atoms with Gasteiger partial charge in [0, 0.05) is 19.6 Å². The molecule has 0 saturated carbocycles. The van der Waals surface area contributed by atoms with Crippen LogP contribution in [0.25, 0.3) is 0 Å². The summed E-state index contributed by atoms with van der Waals surface area (Å²) in [6.07, 6.45) is 4.71. The molecule has 18 heavy (non-hydrogen) atoms. The molecule has 2 aliphatic rings. The summed E-state index contributed by atoms with van der Waals surface area (Å²) in [4.78, 5) is 4.39. The Balaban J connectivity index is 1.59. The summed E-state index contributed by atoms with van der Waals surface area (Å²) in [5.74, 6) is 1.29. The van der Waals surface area contributed by atoms with Crippen molar-refractivity contribution in [3.8, 4) is 0 Å². The fourth-order valence-corrected chi connectivity index (χ4v) is 2.57. The molecule has 2 N–H and O–H groups in total. The van der Waals surface area contributed by atoms with Crippen molar-refractivity contribution in [2.24, 2.45) is 0 Å². The van der Waals surface area contributed by atoms with Crippen molar-refractivity contribution in [3.05, 3.63) is 11.7 Å². The predicted octanol–water partition coefficient (Wildman–Crippen LogP) is 0.576. The Bertz CT molecular complexity index is 390. The molecular weight excluding hydrogens is 234 g/mol. The largest absolute Gasteiger partial charge is 0.392 e. The van der Waals surface area contributed by atoms with Crippen LogP contribution in [-0.2, 0) is 11.2 Å². The average molecular weight is 253 g/mol. The quantitative estimate of drug-likeness (QED) is 0.820. The zero-order chi connectivity index (χ0) is 12.4. The number of hydrogen-bond acceptors (Lipinski definition) is 6. The van der Waals surface area contributed by atoms with Crippen molar-refractivity contribution >= 4 is 0 Å². The first kappa shape index (κ1) is 12.1. The lowest BCUT2D eigenvalue weighted by molar-refractivity contribution is 0.0153. The van der Waals surface area contributed by atoms with Crippen LogP contribution in [-0.4, -0.2) is 40.6 Å². The molecule has 0 amide bonds. The summed E-state index contributed by atoms with van der Waals surface area (Å²) in [5.41, 5.74) is 0. The molecule has 6 nitrogen and oxygen atoms in total. The lowest BCUT2D eigenvalue weighted by Gasteiger charge is -2.20. The molecule has 0 spiro atoms. The molecule has 1 aromatic rings. The smallest absolute Gasteiger partial charge is 0.243 e. The first-order chi connectivity index (χ1) is 8.81. The van der Waals surface area contributed by atoms with Gasteiger partial charge in [0.05, 0.1) is 18.2 Å². The number of ether oxygens (including phenoxy) is 1. The lowest BCUT2D eigenvalue weighted by atomic mass is 10.1. The second kappa shape index (κ2) is 5.34. The number of rotatable bonds is 3. The van der Waals surface area contributed by atoms with Gasteiger partial charge >= 0.3 is 0 Å². The highest BCUT2D eigenvalue weighted by Crippen LogP contribution is 2.22. The molecular formula is C12H19N3O3. The maximum atomic E-state index is 9.46. The Labute approximate surface area is 106 Å². The van der Waals surface area contributed by atoms with Crippen LogP contribution in [0, 0.1) is 0 Å². The van der Waals surface area contributed by atoms with Crippen molar-refractivity contribution in [1.82, 2.24) is 15.5 Å². The third kappa shape index (κ3) is 2.71. The van der Waals surface area contributed by atoms with Gasteiger partial charge in [-0.3, -0.25) is 0 Å². The van der Waals surface area contributed by atoms with Gasteiger partial charge in [-0.15, -0.1) is 0 Å². The van der Waals surface area contributed by atoms with Crippen molar-refractivity contribution in [2.75, 3.05) is 13.2 Å². The second-order valence-electron chi connectivity index (χ2n) is 5.09. The van der Waals surface area contributed by atoms with Gasteiger partial charge in [-0.1, -0.05) is 5.16 Å². The molecule has 3 rings (SSSR count). The number of aromatic nitrogens is 2. The van der Waals surface area contributed by atoms with E-state index in [9.17, 15) is 5.11 Å². The van der Waals surface area contributed by atoms with E-state index in [1.165, 1.54) is 6.42 Å². The van der Waals surface area contributed by atoms with Crippen molar-refractivity contribution in [3.63, 3.8) is 0 Å². The average Bonchev–Trinajstić information content (AvgIpc) is 2.99. The van der Waals surface area contributed by atoms with E-state index < -0.39 is 0 Å². The zero-order valence-electron chi connectivity index (χ0n) is 10.3. The van der Waals surface area contributed by atoms with Crippen LogP contribution in [0.2, 0.25) is 0 Å². The molecule has 3 heterocycles. The van der Waals surface area contributed by atoms with Crippen LogP contribution >= 0.6 is 0 Å². The number of hydrogen-bond donors (Lipinski definition) is 2. The van der Waals surface area contributed by atoms with E-state index in [0.29, 0.717) is 24.7 Å². The van der Waals surface area contributed by atoms with Crippen molar-refractivity contribution in [2.45, 2.75) is 50.4 Å². The van der Waals surface area contributed by atoms with Crippen molar-refractivity contribution < 1.29 is 14.4 Å². The van der Waals surface area contributed by atoms with Gasteiger partial charge < -0.3 is 19.7 Å². The molecule has 0 bridgehead atoms. The molecule has 0 aromatic carbocycles. The monoisotopic (exact) mass is 253 g/mol. The zero-order valence-corrected chi connectivity index (χ0v) is 10.3. The van der Waals surface area contributed by atoms with Crippen LogP contribution in [0.5, 0.6) is 0 Å². The normalized spacial score (nSPS) is 32.8. The Morgan fingerprint density at radius 2 is 2.33 bits per heavy atom. The van der Waals surface area contributed by atoms with Crippen LogP contribution < -0.4 is 5.32 Å². The first-order valence-electron chi connectivity index (χ1n) is 6.67. The molecule has 6 heteroatoms. The summed E-state index contributed by atoms with van der Waals surface area (Å²) < 4.78 is 10.9. The number of nitrogens with one attached hydrogen (secondary N) is 1. The van der Waals surface area contributed by atoms with E-state index in [2.05, 4.69) is 15.5 Å². The van der Waals surface area contributed by atoms with Crippen LogP contribution in [0.15, 0.2) is 4.52 Å². The minimum atomic E-state index is -0.313. The lowest BCUT2D eigenvalue weighted by Crippen LogP contribution is -2.22. The summed E-state index contributed by atoms with van der Waals surface area (Å²) >= 11 is 0. The molecule has 0 aliphatic carbocycles. The van der Waals surface area contributed by atoms with Gasteiger partial charge in [0.2, 0.25) is 5.89 Å². The molecule has 2 saturated heterocycles. The maximum Gasteiger partial charge on any atom is 0.243 e. The minimum Gasteiger partial charge on any atom is -0.392 e. The fourth-order valence-electron chi connectivity index (χ4n) is 2.57. The first-order valence-corrected chi connectivity index (χ1v) is 6.67. The minimum absolute atomic E-state index is 0.00600. The predicted molar refractivity (Wildman–Crippen MR) is 63.0 cm³/mol. The molecule has 1 unspecified atom stereocenters. The molecule has 2 fully saturated rings. The van der Waals surface area contributed by atoms with Gasteiger partial charge in [-0.2, -0.15) is 4.98 Å². The molecule has 100 valence electrons. The number of β-amino-alcohol motifs (C(OH)–C–C–N with tert-alkyl or cyclic N) is 1. The Kier molecular flexibility index (Phi) is 3.58. The van der Waals surface area contributed by atoms with Gasteiger partial charge in [0.15, 0.2) is 5.82 Å². The summed E-state index contributed by atoms with van der Waals surface area (Å²) in [5, 5.41) is 16.6. The highest BCUT2D eigenvalue weighted by atomic mass is 16.5. The SMILES string of the molecule is O[C@@H]1CN[C@@H](c2nc(CC3CCCCO3)no2)C1. The second-order valence-corrected chi connectivity index (χ2v) is 5.09. The topological polar surface area (TPSA) is 80.4 Å². The van der Waals surface area contributed by atoms with Crippen LogP contribution in [0.1, 0.15) is 43.4 Å². The van der Waals surface area contributed by atoms with Crippen molar-refractivity contribution in [1.29, 1.82) is 0 Å². The highest BCUT2D eigenvalue weighted by molar-refractivity contribution is 4.98. The fraction of sp³-hybridized carbons (Fsp3) is 0.833. The third-order valence-electron chi connectivity index (χ3n) is 3.57. The third-order valence-corrected chi connectivity index (χ3v) is 3.57. The van der Waals surface area contributed by atoms with Crippen LogP contribution in [0.3, 0.4) is 0 Å². The number of aliphatic hydroxyl groups excluding tert-OH is 1. The Hall–Kier alpha value is -0.980. The Morgan fingerprint density at radius 3 is 3.06 bits per heavy atom. The summed E-state index contributed by atoms with van der Waals surface area (Å²) in [7, 11) is 0. The van der Waals surface area contributed by atoms with Crippen LogP contribution in [0.4, 0.5) is 0 Å². The van der Waals surface area contributed by atoms with E-state index in [0.717, 1.165) is 25.9 Å². The standard InChI is InChI=1S/C12H19N3O3/c16-8-5-10(13-7-8)12-14-11(15-18-12)6-9-3-1-2-4-17-9/h8-10,13,16H,1-7H2/t8-,9?,10+/m0/s1. The molecule has 2 aliphatic heterocycles.